The van der Waals surface area contributed by atoms with Crippen LogP contribution < -0.4 is 25.6 Å². The number of hydrogen-bond acceptors (Lipinski definition) is 2. The Morgan fingerprint density at radius 1 is 0.322 bits per heavy atom. The molecule has 0 N–H and O–H groups in total. The summed E-state index contributed by atoms with van der Waals surface area (Å²) in [6, 6.07) is 83.7. The van der Waals surface area contributed by atoms with Crippen LogP contribution in [0.4, 0.5) is 17.1 Å². The van der Waals surface area contributed by atoms with E-state index >= 15 is 0 Å². The second-order valence-electron chi connectivity index (χ2n) is 15.6. The van der Waals surface area contributed by atoms with Gasteiger partial charge in [0.2, 0.25) is 0 Å². The number of rotatable bonds is 5. The highest BCUT2D eigenvalue weighted by atomic mass is 32.2. The van der Waals surface area contributed by atoms with Crippen molar-refractivity contribution in [3.8, 4) is 33.4 Å². The fourth-order valence-corrected chi connectivity index (χ4v) is 17.5. The van der Waals surface area contributed by atoms with E-state index in [-0.39, 0.29) is 0 Å². The highest BCUT2D eigenvalue weighted by Crippen LogP contribution is 2.46. The summed E-state index contributed by atoms with van der Waals surface area (Å²) in [5.41, 5.74) is 11.1. The van der Waals surface area contributed by atoms with E-state index in [1.54, 1.807) is 0 Å². The summed E-state index contributed by atoms with van der Waals surface area (Å²) in [4.78, 5) is 5.18. The third-order valence-corrected chi connectivity index (χ3v) is 19.1. The molecule has 0 aliphatic carbocycles. The van der Waals surface area contributed by atoms with Crippen molar-refractivity contribution in [1.29, 1.82) is 0 Å². The van der Waals surface area contributed by atoms with Gasteiger partial charge in [0.1, 0.15) is 0 Å². The molecule has 0 unspecified atom stereocenters. The molecule has 2 heterocycles. The lowest BCUT2D eigenvalue weighted by molar-refractivity contribution is 1.23. The van der Waals surface area contributed by atoms with Gasteiger partial charge in [-0.1, -0.05) is 200 Å². The molecule has 0 fully saturated rings. The van der Waals surface area contributed by atoms with Crippen molar-refractivity contribution >= 4 is 79.2 Å². The topological polar surface area (TPSA) is 3.24 Å². The Balaban J connectivity index is 1.08. The maximum Gasteiger partial charge on any atom is 0.183 e. The van der Waals surface area contributed by atoms with Crippen molar-refractivity contribution in [3.05, 3.63) is 224 Å². The van der Waals surface area contributed by atoms with Gasteiger partial charge in [-0.25, -0.2) is 0 Å². The van der Waals surface area contributed by atoms with E-state index in [0.717, 1.165) is 11.4 Å². The molecule has 0 saturated carbocycles. The molecule has 10 aromatic rings. The van der Waals surface area contributed by atoms with Crippen molar-refractivity contribution in [1.82, 2.24) is 0 Å². The minimum absolute atomic E-state index is 1.13. The molecule has 12 rings (SSSR count). The van der Waals surface area contributed by atoms with Crippen molar-refractivity contribution in [3.63, 3.8) is 0 Å². The van der Waals surface area contributed by atoms with Crippen LogP contribution in [-0.2, 0) is 0 Å². The molecule has 1 spiro atoms. The van der Waals surface area contributed by atoms with Crippen molar-refractivity contribution < 1.29 is 0 Å². The van der Waals surface area contributed by atoms with Gasteiger partial charge in [0.15, 0.2) is 8.07 Å². The van der Waals surface area contributed by atoms with Gasteiger partial charge in [0, 0.05) is 21.2 Å². The van der Waals surface area contributed by atoms with Crippen molar-refractivity contribution in [2.24, 2.45) is 0 Å². The van der Waals surface area contributed by atoms with Crippen LogP contribution in [0.2, 0.25) is 0 Å². The lowest BCUT2D eigenvalue weighted by Gasteiger charge is -2.39. The molecule has 0 bridgehead atoms. The van der Waals surface area contributed by atoms with Crippen LogP contribution in [0.5, 0.6) is 0 Å². The number of anilines is 3. The smallest absolute Gasteiger partial charge is 0.183 e. The van der Waals surface area contributed by atoms with Crippen LogP contribution in [0, 0.1) is 0 Å². The summed E-state index contributed by atoms with van der Waals surface area (Å²) < 4.78 is 0. The molecular weight excluding hydrogens is 747 g/mol. The molecular formula is C56H37NSSi. The van der Waals surface area contributed by atoms with Crippen molar-refractivity contribution in [2.75, 3.05) is 4.90 Å². The third kappa shape index (κ3) is 5.18. The Hall–Kier alpha value is -6.91. The van der Waals surface area contributed by atoms with Gasteiger partial charge in [-0.05, 0) is 112 Å². The maximum atomic E-state index is 2.49. The molecule has 59 heavy (non-hydrogen) atoms. The van der Waals surface area contributed by atoms with Crippen molar-refractivity contribution in [2.45, 2.75) is 9.79 Å². The lowest BCUT2D eigenvalue weighted by Crippen LogP contribution is -2.74. The quantitative estimate of drug-likeness (QED) is 0.160. The molecule has 0 radical (unpaired) electrons. The minimum Gasteiger partial charge on any atom is -0.309 e. The first-order valence-corrected chi connectivity index (χ1v) is 23.2. The standard InChI is InChI=1S/C56H37NSSi/c1-3-18-44-38(14-1)16-11-22-46(44)40-30-34-42(35-31-40)57(43-36-32-41(33-37-43)47-23-12-17-39-15-2-4-19-45(39)47)50-24-13-29-55-56(50)58-51-25-7-10-28-54(51)59(55)52-26-8-5-20-48(52)49-21-6-9-27-53(49)59/h1-37H. The van der Waals surface area contributed by atoms with E-state index in [1.807, 2.05) is 11.8 Å². The molecule has 0 atom stereocenters. The first kappa shape index (κ1) is 34.2. The van der Waals surface area contributed by atoms with Gasteiger partial charge >= 0.3 is 0 Å². The Bertz CT molecular complexity index is 3080. The maximum absolute atomic E-state index is 2.69. The van der Waals surface area contributed by atoms with E-state index in [4.69, 9.17) is 0 Å². The molecule has 276 valence electrons. The molecule has 10 aromatic carbocycles. The number of nitrogens with zero attached hydrogens (tertiary/aromatic N) is 1. The zero-order valence-corrected chi connectivity index (χ0v) is 34.0. The third-order valence-electron chi connectivity index (χ3n) is 12.5. The van der Waals surface area contributed by atoms with Gasteiger partial charge in [-0.3, -0.25) is 0 Å². The first-order chi connectivity index (χ1) is 29.3. The summed E-state index contributed by atoms with van der Waals surface area (Å²) in [6.07, 6.45) is 0. The monoisotopic (exact) mass is 783 g/mol. The summed E-state index contributed by atoms with van der Waals surface area (Å²) in [5, 5.41) is 11.0. The van der Waals surface area contributed by atoms with Crippen LogP contribution >= 0.6 is 11.8 Å². The average molecular weight is 784 g/mol. The fraction of sp³-hybridized carbons (Fsp3) is 0. The van der Waals surface area contributed by atoms with E-state index < -0.39 is 8.07 Å². The zero-order valence-electron chi connectivity index (χ0n) is 32.2. The van der Waals surface area contributed by atoms with Gasteiger partial charge in [0.05, 0.1) is 5.69 Å². The van der Waals surface area contributed by atoms with Gasteiger partial charge < -0.3 is 4.90 Å². The first-order valence-electron chi connectivity index (χ1n) is 20.3. The summed E-state index contributed by atoms with van der Waals surface area (Å²) in [5.74, 6) is 0. The molecule has 2 aliphatic rings. The van der Waals surface area contributed by atoms with Crippen LogP contribution in [0.3, 0.4) is 0 Å². The predicted octanol–water partition coefficient (Wildman–Crippen LogP) is 12.6. The van der Waals surface area contributed by atoms with E-state index in [9.17, 15) is 0 Å². The summed E-state index contributed by atoms with van der Waals surface area (Å²) >= 11 is 1.93. The molecule has 0 aromatic heterocycles. The normalized spacial score (nSPS) is 13.2. The molecule has 3 heteroatoms. The predicted molar refractivity (Wildman–Crippen MR) is 254 cm³/mol. The van der Waals surface area contributed by atoms with Gasteiger partial charge in [0.25, 0.3) is 0 Å². The second kappa shape index (κ2) is 13.6. The van der Waals surface area contributed by atoms with E-state index in [1.165, 1.54) is 91.2 Å². The van der Waals surface area contributed by atoms with Crippen LogP contribution in [0.15, 0.2) is 234 Å². The largest absolute Gasteiger partial charge is 0.309 e. The van der Waals surface area contributed by atoms with Gasteiger partial charge in [-0.15, -0.1) is 0 Å². The lowest BCUT2D eigenvalue weighted by atomic mass is 9.97. The molecule has 2 aliphatic heterocycles. The summed E-state index contributed by atoms with van der Waals surface area (Å²) in [7, 11) is -2.69. The molecule has 0 amide bonds. The van der Waals surface area contributed by atoms with E-state index in [2.05, 4.69) is 229 Å². The molecule has 1 nitrogen and oxygen atoms in total. The Morgan fingerprint density at radius 3 is 1.32 bits per heavy atom. The zero-order chi connectivity index (χ0) is 38.9. The Morgan fingerprint density at radius 2 is 0.746 bits per heavy atom. The average Bonchev–Trinajstić information content (AvgIpc) is 3.60. The van der Waals surface area contributed by atoms with E-state index in [0.29, 0.717) is 0 Å². The Kier molecular flexibility index (Phi) is 7.87. The summed E-state index contributed by atoms with van der Waals surface area (Å²) in [6.45, 7) is 0. The Labute approximate surface area is 349 Å². The highest BCUT2D eigenvalue weighted by molar-refractivity contribution is 8.00. The SMILES string of the molecule is c1ccc2c(c1)Sc1c(N(c3ccc(-c4cccc5ccccc45)cc3)c3ccc(-c4cccc5ccccc45)cc3)cccc1[Si]21c2ccccc2-c2ccccc21. The second-order valence-corrected chi connectivity index (χ2v) is 20.3. The van der Waals surface area contributed by atoms with Crippen LogP contribution in [0.1, 0.15) is 0 Å². The number of fused-ring (bicyclic) bond motifs is 11. The highest BCUT2D eigenvalue weighted by Gasteiger charge is 2.53. The number of hydrogen-bond donors (Lipinski definition) is 0. The minimum atomic E-state index is -2.69. The van der Waals surface area contributed by atoms with Crippen LogP contribution in [-0.4, -0.2) is 8.07 Å². The van der Waals surface area contributed by atoms with Gasteiger partial charge in [-0.2, -0.15) is 0 Å². The fourth-order valence-electron chi connectivity index (χ4n) is 10.0. The van der Waals surface area contributed by atoms with Crippen LogP contribution in [0.25, 0.3) is 54.9 Å². The number of benzene rings is 10. The molecule has 0 saturated heterocycles.